The Kier molecular flexibility index (Phi) is 3.31. The Balaban J connectivity index is 2.43. The number of hydrogen-bond donors (Lipinski definition) is 1. The first kappa shape index (κ1) is 10.8. The van der Waals surface area contributed by atoms with Crippen LogP contribution in [0, 0.1) is 0 Å². The van der Waals surface area contributed by atoms with Gasteiger partial charge in [0, 0.05) is 16.7 Å². The van der Waals surface area contributed by atoms with E-state index in [1.54, 1.807) is 6.07 Å². The maximum atomic E-state index is 11.6. The van der Waals surface area contributed by atoms with Crippen LogP contribution in [-0.2, 0) is 4.74 Å². The number of benzene rings is 1. The topological polar surface area (TPSA) is 38.3 Å². The summed E-state index contributed by atoms with van der Waals surface area (Å²) in [5.41, 5.74) is 1.47. The lowest BCUT2D eigenvalue weighted by Crippen LogP contribution is -2.06. The molecule has 1 aliphatic heterocycles. The smallest absolute Gasteiger partial charge is 0.338 e. The largest absolute Gasteiger partial charge is 0.465 e. The average molecular weight is 233 g/mol. The molecule has 0 bridgehead atoms. The molecule has 1 aromatic carbocycles. The first-order chi connectivity index (χ1) is 7.83. The van der Waals surface area contributed by atoms with Gasteiger partial charge in [-0.3, -0.25) is 0 Å². The molecule has 3 nitrogen and oxygen atoms in total. The van der Waals surface area contributed by atoms with E-state index >= 15 is 0 Å². The molecular weight excluding hydrogens is 222 g/mol. The van der Waals surface area contributed by atoms with Gasteiger partial charge in [-0.25, -0.2) is 4.79 Å². The average Bonchev–Trinajstić information content (AvgIpc) is 2.39. The number of nitrogens with one attached hydrogen (secondary N) is 1. The third kappa shape index (κ3) is 2.12. The monoisotopic (exact) mass is 233 g/mol. The molecule has 1 heterocycles. The van der Waals surface area contributed by atoms with Crippen LogP contribution in [0.1, 0.15) is 15.9 Å². The SMILES string of the molecule is COC(=O)c1ccccc1C1=CC=CNS1. The van der Waals surface area contributed by atoms with E-state index in [1.165, 1.54) is 19.1 Å². The highest BCUT2D eigenvalue weighted by Crippen LogP contribution is 2.30. The van der Waals surface area contributed by atoms with Crippen LogP contribution in [0.15, 0.2) is 42.6 Å². The molecule has 0 saturated heterocycles. The van der Waals surface area contributed by atoms with Crippen LogP contribution in [0.4, 0.5) is 0 Å². The van der Waals surface area contributed by atoms with E-state index in [0.717, 1.165) is 10.5 Å². The summed E-state index contributed by atoms with van der Waals surface area (Å²) in [5.74, 6) is -0.313. The molecule has 16 heavy (non-hydrogen) atoms. The fourth-order valence-corrected chi connectivity index (χ4v) is 2.15. The molecule has 2 rings (SSSR count). The van der Waals surface area contributed by atoms with Crippen LogP contribution in [0.3, 0.4) is 0 Å². The van der Waals surface area contributed by atoms with Crippen LogP contribution in [0.25, 0.3) is 4.91 Å². The highest BCUT2D eigenvalue weighted by atomic mass is 32.2. The van der Waals surface area contributed by atoms with Gasteiger partial charge in [-0.15, -0.1) is 0 Å². The van der Waals surface area contributed by atoms with Crippen LogP contribution in [0.2, 0.25) is 0 Å². The first-order valence-corrected chi connectivity index (χ1v) is 5.61. The van der Waals surface area contributed by atoms with E-state index in [4.69, 9.17) is 4.74 Å². The Morgan fingerprint density at radius 1 is 1.38 bits per heavy atom. The van der Waals surface area contributed by atoms with E-state index in [2.05, 4.69) is 4.72 Å². The minimum atomic E-state index is -0.313. The van der Waals surface area contributed by atoms with E-state index < -0.39 is 0 Å². The molecular formula is C12H11NO2S. The van der Waals surface area contributed by atoms with Crippen molar-refractivity contribution in [3.63, 3.8) is 0 Å². The fraction of sp³-hybridized carbons (Fsp3) is 0.0833. The summed E-state index contributed by atoms with van der Waals surface area (Å²) in [6, 6.07) is 7.40. The maximum Gasteiger partial charge on any atom is 0.338 e. The summed E-state index contributed by atoms with van der Waals surface area (Å²) in [6.45, 7) is 0. The molecule has 4 heteroatoms. The van der Waals surface area contributed by atoms with Crippen LogP contribution in [0.5, 0.6) is 0 Å². The van der Waals surface area contributed by atoms with Gasteiger partial charge in [0.05, 0.1) is 12.7 Å². The number of carbonyl (C=O) groups is 1. The molecule has 1 aromatic rings. The lowest BCUT2D eigenvalue weighted by atomic mass is 10.1. The molecule has 0 spiro atoms. The van der Waals surface area contributed by atoms with E-state index in [0.29, 0.717) is 5.56 Å². The molecule has 0 amide bonds. The number of allylic oxidation sites excluding steroid dienone is 2. The van der Waals surface area contributed by atoms with Gasteiger partial charge >= 0.3 is 5.97 Å². The summed E-state index contributed by atoms with van der Waals surface area (Å²) >= 11 is 1.47. The van der Waals surface area contributed by atoms with Gasteiger partial charge in [-0.05, 0) is 30.2 Å². The van der Waals surface area contributed by atoms with E-state index in [1.807, 2.05) is 36.6 Å². The molecule has 82 valence electrons. The molecule has 1 aliphatic rings. The van der Waals surface area contributed by atoms with Crippen LogP contribution < -0.4 is 4.72 Å². The van der Waals surface area contributed by atoms with Crippen molar-refractivity contribution in [2.45, 2.75) is 0 Å². The third-order valence-electron chi connectivity index (χ3n) is 2.18. The third-order valence-corrected chi connectivity index (χ3v) is 3.01. The Morgan fingerprint density at radius 3 is 2.88 bits per heavy atom. The molecule has 0 aromatic heterocycles. The zero-order chi connectivity index (χ0) is 11.4. The van der Waals surface area contributed by atoms with Crippen LogP contribution >= 0.6 is 11.9 Å². The van der Waals surface area contributed by atoms with Gasteiger partial charge in [-0.2, -0.15) is 0 Å². The van der Waals surface area contributed by atoms with Crippen molar-refractivity contribution in [1.82, 2.24) is 4.72 Å². The van der Waals surface area contributed by atoms with Gasteiger partial charge in [0.2, 0.25) is 0 Å². The normalized spacial score (nSPS) is 13.9. The Hall–Kier alpha value is -1.68. The van der Waals surface area contributed by atoms with Gasteiger partial charge in [0.25, 0.3) is 0 Å². The Morgan fingerprint density at radius 2 is 2.19 bits per heavy atom. The molecule has 1 N–H and O–H groups in total. The maximum absolute atomic E-state index is 11.6. The minimum Gasteiger partial charge on any atom is -0.465 e. The molecule has 0 saturated carbocycles. The van der Waals surface area contributed by atoms with Gasteiger partial charge in [-0.1, -0.05) is 18.2 Å². The van der Waals surface area contributed by atoms with Gasteiger partial charge in [0.15, 0.2) is 0 Å². The van der Waals surface area contributed by atoms with E-state index in [-0.39, 0.29) is 5.97 Å². The summed E-state index contributed by atoms with van der Waals surface area (Å²) in [5, 5.41) is 0. The molecule has 0 unspecified atom stereocenters. The number of ether oxygens (including phenoxy) is 1. The summed E-state index contributed by atoms with van der Waals surface area (Å²) in [6.07, 6.45) is 5.71. The van der Waals surface area contributed by atoms with Crippen molar-refractivity contribution in [2.24, 2.45) is 0 Å². The van der Waals surface area contributed by atoms with Crippen molar-refractivity contribution >= 4 is 22.8 Å². The Labute approximate surface area is 98.3 Å². The van der Waals surface area contributed by atoms with Gasteiger partial charge in [0.1, 0.15) is 0 Å². The molecule has 0 radical (unpaired) electrons. The van der Waals surface area contributed by atoms with Crippen LogP contribution in [-0.4, -0.2) is 13.1 Å². The number of esters is 1. The second kappa shape index (κ2) is 4.90. The van der Waals surface area contributed by atoms with Crippen molar-refractivity contribution in [1.29, 1.82) is 0 Å². The van der Waals surface area contributed by atoms with Crippen molar-refractivity contribution < 1.29 is 9.53 Å². The zero-order valence-electron chi connectivity index (χ0n) is 8.77. The highest BCUT2D eigenvalue weighted by molar-refractivity contribution is 8.06. The molecule has 0 aliphatic carbocycles. The predicted octanol–water partition coefficient (Wildman–Crippen LogP) is 2.58. The Bertz CT molecular complexity index is 466. The van der Waals surface area contributed by atoms with Crippen molar-refractivity contribution in [2.75, 3.05) is 7.11 Å². The second-order valence-electron chi connectivity index (χ2n) is 3.15. The van der Waals surface area contributed by atoms with Crippen molar-refractivity contribution in [3.8, 4) is 0 Å². The predicted molar refractivity (Wildman–Crippen MR) is 65.6 cm³/mol. The summed E-state index contributed by atoms with van der Waals surface area (Å²) in [4.78, 5) is 12.6. The lowest BCUT2D eigenvalue weighted by molar-refractivity contribution is 0.0600. The summed E-state index contributed by atoms with van der Waals surface area (Å²) < 4.78 is 7.79. The number of carbonyl (C=O) groups excluding carboxylic acids is 1. The van der Waals surface area contributed by atoms with Crippen molar-refractivity contribution in [3.05, 3.63) is 53.7 Å². The minimum absolute atomic E-state index is 0.313. The second-order valence-corrected chi connectivity index (χ2v) is 4.03. The quantitative estimate of drug-likeness (QED) is 0.629. The number of methoxy groups -OCH3 is 1. The number of rotatable bonds is 2. The molecule has 0 fully saturated rings. The lowest BCUT2D eigenvalue weighted by Gasteiger charge is -2.12. The standard InChI is InChI=1S/C12H11NO2S/c1-15-12(14)10-6-3-2-5-9(10)11-7-4-8-13-16-11/h2-8,13H,1H3. The number of hydrogen-bond acceptors (Lipinski definition) is 4. The zero-order valence-corrected chi connectivity index (χ0v) is 9.58. The van der Waals surface area contributed by atoms with E-state index in [9.17, 15) is 4.79 Å². The fourth-order valence-electron chi connectivity index (χ4n) is 1.44. The van der Waals surface area contributed by atoms with Gasteiger partial charge < -0.3 is 9.46 Å². The first-order valence-electron chi connectivity index (χ1n) is 4.80. The summed E-state index contributed by atoms with van der Waals surface area (Å²) in [7, 11) is 1.39. The highest BCUT2D eigenvalue weighted by Gasteiger charge is 2.14. The molecule has 0 atom stereocenters.